The summed E-state index contributed by atoms with van der Waals surface area (Å²) < 4.78 is 10.5. The lowest BCUT2D eigenvalue weighted by Gasteiger charge is -2.11. The molecule has 1 aromatic heterocycles. The maximum atomic E-state index is 5.56. The maximum absolute atomic E-state index is 5.56. The topological polar surface area (TPSA) is 69.4 Å². The van der Waals surface area contributed by atoms with Gasteiger partial charge in [-0.3, -0.25) is 4.98 Å². The molecule has 2 rings (SSSR count). The number of thiocarbonyl (C=S) groups is 1. The molecule has 0 atom stereocenters. The van der Waals surface area contributed by atoms with E-state index in [1.807, 2.05) is 24.3 Å². The first-order chi connectivity index (χ1) is 9.63. The first-order valence-corrected chi connectivity index (χ1v) is 6.29. The molecule has 1 heterocycles. The van der Waals surface area contributed by atoms with E-state index >= 15 is 0 Å². The number of nitrogens with one attached hydrogen (secondary N) is 1. The Morgan fingerprint density at radius 2 is 1.80 bits per heavy atom. The minimum atomic E-state index is 0.265. The lowest BCUT2D eigenvalue weighted by atomic mass is 10.2. The van der Waals surface area contributed by atoms with Gasteiger partial charge in [-0.15, -0.1) is 0 Å². The lowest BCUT2D eigenvalue weighted by molar-refractivity contribution is 0.355. The number of hydrogen-bond acceptors (Lipinski definition) is 5. The normalized spacial score (nSPS) is 9.90. The van der Waals surface area contributed by atoms with E-state index in [0.717, 1.165) is 11.4 Å². The van der Waals surface area contributed by atoms with Crippen molar-refractivity contribution in [3.05, 3.63) is 42.2 Å². The molecule has 1 aromatic carbocycles. The summed E-state index contributed by atoms with van der Waals surface area (Å²) in [6.07, 6.45) is 1.65. The number of nitrogens with two attached hydrogens (primary N) is 1. The summed E-state index contributed by atoms with van der Waals surface area (Å²) in [7, 11) is 3.20. The second-order valence-corrected chi connectivity index (χ2v) is 4.43. The predicted molar refractivity (Wildman–Crippen MR) is 83.0 cm³/mol. The van der Waals surface area contributed by atoms with Crippen LogP contribution in [0.25, 0.3) is 0 Å². The van der Waals surface area contributed by atoms with Crippen molar-refractivity contribution >= 4 is 28.6 Å². The lowest BCUT2D eigenvalue weighted by Crippen LogP contribution is -2.11. The smallest absolute Gasteiger partial charge is 0.162 e. The van der Waals surface area contributed by atoms with Gasteiger partial charge < -0.3 is 20.5 Å². The van der Waals surface area contributed by atoms with Crippen LogP contribution in [0.3, 0.4) is 0 Å². The fourth-order valence-corrected chi connectivity index (χ4v) is 1.84. The minimum Gasteiger partial charge on any atom is -0.493 e. The summed E-state index contributed by atoms with van der Waals surface area (Å²) in [6, 6.07) is 9.19. The highest BCUT2D eigenvalue weighted by molar-refractivity contribution is 7.80. The SMILES string of the molecule is COc1ccc(Nc2ccnc(C(N)=S)c2)cc1OC. The van der Waals surface area contributed by atoms with Gasteiger partial charge in [-0.2, -0.15) is 0 Å². The van der Waals surface area contributed by atoms with Crippen molar-refractivity contribution < 1.29 is 9.47 Å². The number of nitrogens with zero attached hydrogens (tertiary/aromatic N) is 1. The van der Waals surface area contributed by atoms with Crippen molar-refractivity contribution in [1.82, 2.24) is 4.98 Å². The summed E-state index contributed by atoms with van der Waals surface area (Å²) in [4.78, 5) is 4.36. The van der Waals surface area contributed by atoms with Crippen LogP contribution in [0.5, 0.6) is 11.5 Å². The Labute approximate surface area is 122 Å². The van der Waals surface area contributed by atoms with E-state index in [1.165, 1.54) is 0 Å². The van der Waals surface area contributed by atoms with Gasteiger partial charge in [0, 0.05) is 23.6 Å². The second kappa shape index (κ2) is 6.21. The Hall–Kier alpha value is -2.34. The summed E-state index contributed by atoms with van der Waals surface area (Å²) in [5, 5.41) is 3.23. The first-order valence-electron chi connectivity index (χ1n) is 5.89. The van der Waals surface area contributed by atoms with Crippen LogP contribution in [-0.2, 0) is 0 Å². The Morgan fingerprint density at radius 3 is 2.45 bits per heavy atom. The second-order valence-electron chi connectivity index (χ2n) is 3.99. The van der Waals surface area contributed by atoms with Crippen molar-refractivity contribution in [1.29, 1.82) is 0 Å². The molecule has 20 heavy (non-hydrogen) atoms. The van der Waals surface area contributed by atoms with E-state index < -0.39 is 0 Å². The molecule has 0 spiro atoms. The summed E-state index contributed by atoms with van der Waals surface area (Å²) in [5.74, 6) is 1.33. The zero-order chi connectivity index (χ0) is 14.5. The third-order valence-electron chi connectivity index (χ3n) is 2.68. The van der Waals surface area contributed by atoms with E-state index in [9.17, 15) is 0 Å². The zero-order valence-electron chi connectivity index (χ0n) is 11.2. The molecule has 0 saturated heterocycles. The molecule has 0 fully saturated rings. The highest BCUT2D eigenvalue weighted by Crippen LogP contribution is 2.31. The average Bonchev–Trinajstić information content (AvgIpc) is 2.47. The Morgan fingerprint density at radius 1 is 1.10 bits per heavy atom. The monoisotopic (exact) mass is 289 g/mol. The highest BCUT2D eigenvalue weighted by Gasteiger charge is 2.05. The van der Waals surface area contributed by atoms with Gasteiger partial charge in [0.1, 0.15) is 4.99 Å². The number of hydrogen-bond donors (Lipinski definition) is 2. The molecule has 0 aliphatic carbocycles. The maximum Gasteiger partial charge on any atom is 0.162 e. The molecule has 0 aliphatic heterocycles. The average molecular weight is 289 g/mol. The van der Waals surface area contributed by atoms with Crippen molar-refractivity contribution in [3.8, 4) is 11.5 Å². The first kappa shape index (κ1) is 14.1. The van der Waals surface area contributed by atoms with Gasteiger partial charge in [-0.05, 0) is 24.3 Å². The van der Waals surface area contributed by atoms with E-state index in [4.69, 9.17) is 27.4 Å². The number of methoxy groups -OCH3 is 2. The molecule has 6 heteroatoms. The van der Waals surface area contributed by atoms with E-state index in [1.54, 1.807) is 26.5 Å². The fraction of sp³-hybridized carbons (Fsp3) is 0.143. The van der Waals surface area contributed by atoms with Gasteiger partial charge in [0.2, 0.25) is 0 Å². The zero-order valence-corrected chi connectivity index (χ0v) is 12.0. The fourth-order valence-electron chi connectivity index (χ4n) is 1.72. The van der Waals surface area contributed by atoms with Gasteiger partial charge >= 0.3 is 0 Å². The molecule has 2 aromatic rings. The van der Waals surface area contributed by atoms with Crippen LogP contribution >= 0.6 is 12.2 Å². The van der Waals surface area contributed by atoms with Crippen LogP contribution < -0.4 is 20.5 Å². The van der Waals surface area contributed by atoms with Gasteiger partial charge in [0.15, 0.2) is 11.5 Å². The number of ether oxygens (including phenoxy) is 2. The summed E-state index contributed by atoms with van der Waals surface area (Å²) in [5.41, 5.74) is 7.84. The number of benzene rings is 1. The van der Waals surface area contributed by atoms with E-state index in [0.29, 0.717) is 17.2 Å². The van der Waals surface area contributed by atoms with Crippen LogP contribution in [0.15, 0.2) is 36.5 Å². The standard InChI is InChI=1S/C14H15N3O2S/c1-18-12-4-3-9(8-13(12)19-2)17-10-5-6-16-11(7-10)14(15)20/h3-8H,1-2H3,(H2,15,20)(H,16,17). The molecule has 104 valence electrons. The highest BCUT2D eigenvalue weighted by atomic mass is 32.1. The van der Waals surface area contributed by atoms with Crippen LogP contribution in [-0.4, -0.2) is 24.2 Å². The number of aromatic nitrogens is 1. The summed E-state index contributed by atoms with van der Waals surface area (Å²) in [6.45, 7) is 0. The molecule has 0 radical (unpaired) electrons. The van der Waals surface area contributed by atoms with Gasteiger partial charge in [0.05, 0.1) is 19.9 Å². The van der Waals surface area contributed by atoms with Gasteiger partial charge in [-0.1, -0.05) is 12.2 Å². The van der Waals surface area contributed by atoms with Crippen molar-refractivity contribution in [2.75, 3.05) is 19.5 Å². The molecule has 0 aliphatic rings. The van der Waals surface area contributed by atoms with Crippen molar-refractivity contribution in [2.45, 2.75) is 0 Å². The number of anilines is 2. The van der Waals surface area contributed by atoms with Crippen molar-refractivity contribution in [3.63, 3.8) is 0 Å². The number of pyridine rings is 1. The van der Waals surface area contributed by atoms with Crippen molar-refractivity contribution in [2.24, 2.45) is 5.73 Å². The molecular formula is C14H15N3O2S. The largest absolute Gasteiger partial charge is 0.493 e. The van der Waals surface area contributed by atoms with Crippen LogP contribution in [0, 0.1) is 0 Å². The van der Waals surface area contributed by atoms with Gasteiger partial charge in [-0.25, -0.2) is 0 Å². The summed E-state index contributed by atoms with van der Waals surface area (Å²) >= 11 is 4.91. The van der Waals surface area contributed by atoms with Gasteiger partial charge in [0.25, 0.3) is 0 Å². The molecule has 0 saturated carbocycles. The third kappa shape index (κ3) is 3.16. The Bertz CT molecular complexity index is 632. The molecule has 0 bridgehead atoms. The predicted octanol–water partition coefficient (Wildman–Crippen LogP) is 2.48. The van der Waals surface area contributed by atoms with E-state index in [2.05, 4.69) is 10.3 Å². The van der Waals surface area contributed by atoms with Crippen LogP contribution in [0.2, 0.25) is 0 Å². The molecule has 3 N–H and O–H groups in total. The third-order valence-corrected chi connectivity index (χ3v) is 2.89. The van der Waals surface area contributed by atoms with Crippen LogP contribution in [0.1, 0.15) is 5.69 Å². The quantitative estimate of drug-likeness (QED) is 0.824. The molecule has 0 amide bonds. The van der Waals surface area contributed by atoms with Crippen LogP contribution in [0.4, 0.5) is 11.4 Å². The Kier molecular flexibility index (Phi) is 4.37. The number of rotatable bonds is 5. The minimum absolute atomic E-state index is 0.265. The van der Waals surface area contributed by atoms with E-state index in [-0.39, 0.29) is 4.99 Å². The molecule has 0 unspecified atom stereocenters. The Balaban J connectivity index is 2.25. The molecule has 5 nitrogen and oxygen atoms in total. The molecular weight excluding hydrogens is 274 g/mol.